The van der Waals surface area contributed by atoms with Crippen molar-refractivity contribution in [3.8, 4) is 22.3 Å². The SMILES string of the molecule is c1ccc2c(c1)oc1c3cc4oc5ccc(-c6c7ccccc7c(-c7ccc8c(c7)sc7ccccc78)c7ccccc67)cc5c4cc3ccc21. The van der Waals surface area contributed by atoms with Crippen LogP contribution in [0.3, 0.4) is 0 Å². The second kappa shape index (κ2) is 10.1. The molecule has 0 amide bonds. The van der Waals surface area contributed by atoms with Crippen LogP contribution in [0.15, 0.2) is 167 Å². The van der Waals surface area contributed by atoms with Gasteiger partial charge in [0.1, 0.15) is 22.3 Å². The first-order valence-corrected chi connectivity index (χ1v) is 18.1. The van der Waals surface area contributed by atoms with Gasteiger partial charge in [0.05, 0.1) is 0 Å². The average molecular weight is 667 g/mol. The zero-order valence-electron chi connectivity index (χ0n) is 27.2. The summed E-state index contributed by atoms with van der Waals surface area (Å²) in [7, 11) is 0. The molecule has 12 aromatic rings. The van der Waals surface area contributed by atoms with Crippen molar-refractivity contribution in [2.24, 2.45) is 0 Å². The smallest absolute Gasteiger partial charge is 0.143 e. The van der Waals surface area contributed by atoms with Gasteiger partial charge in [0.25, 0.3) is 0 Å². The summed E-state index contributed by atoms with van der Waals surface area (Å²) in [6.07, 6.45) is 0. The first kappa shape index (κ1) is 27.4. The van der Waals surface area contributed by atoms with Gasteiger partial charge in [-0.2, -0.15) is 0 Å². The van der Waals surface area contributed by atoms with Gasteiger partial charge in [0, 0.05) is 47.1 Å². The molecule has 2 nitrogen and oxygen atoms in total. The first-order chi connectivity index (χ1) is 25.3. The van der Waals surface area contributed by atoms with Crippen LogP contribution in [0.25, 0.3) is 119 Å². The van der Waals surface area contributed by atoms with Crippen LogP contribution in [0, 0.1) is 0 Å². The minimum absolute atomic E-state index is 0.865. The van der Waals surface area contributed by atoms with Crippen LogP contribution in [0.1, 0.15) is 0 Å². The van der Waals surface area contributed by atoms with Gasteiger partial charge in [-0.15, -0.1) is 11.3 Å². The minimum Gasteiger partial charge on any atom is -0.456 e. The number of hydrogen-bond acceptors (Lipinski definition) is 3. The third kappa shape index (κ3) is 3.81. The number of fused-ring (bicyclic) bond motifs is 13. The molecule has 12 rings (SSSR count). The minimum atomic E-state index is 0.865. The Bertz CT molecular complexity index is 3370. The fraction of sp³-hybridized carbons (Fsp3) is 0. The summed E-state index contributed by atoms with van der Waals surface area (Å²) in [5.74, 6) is 0. The summed E-state index contributed by atoms with van der Waals surface area (Å²) in [4.78, 5) is 0. The number of benzene rings is 9. The molecule has 0 radical (unpaired) electrons. The third-order valence-electron chi connectivity index (χ3n) is 10.8. The van der Waals surface area contributed by atoms with Crippen LogP contribution in [0.4, 0.5) is 0 Å². The van der Waals surface area contributed by atoms with Crippen LogP contribution in [0.5, 0.6) is 0 Å². The van der Waals surface area contributed by atoms with Gasteiger partial charge in [0.15, 0.2) is 0 Å². The highest BCUT2D eigenvalue weighted by molar-refractivity contribution is 7.25. The Morgan fingerprint density at radius 1 is 0.314 bits per heavy atom. The van der Waals surface area contributed by atoms with Crippen LogP contribution in [0.2, 0.25) is 0 Å². The fourth-order valence-corrected chi connectivity index (χ4v) is 9.71. The maximum Gasteiger partial charge on any atom is 0.143 e. The number of hydrogen-bond donors (Lipinski definition) is 0. The zero-order valence-corrected chi connectivity index (χ0v) is 28.1. The van der Waals surface area contributed by atoms with E-state index in [0.717, 1.165) is 54.6 Å². The van der Waals surface area contributed by atoms with E-state index in [1.165, 1.54) is 64.0 Å². The predicted octanol–water partition coefficient (Wildman–Crippen LogP) is 14.6. The standard InChI is InChI=1S/C48H26O2S/c1-3-13-35-33(11-1)46(34-12-2-4-14-36(34)47(35)29-18-20-32-31-10-6-8-16-44(31)51-45(32)25-29)28-19-22-42-39(24-28)40-23-27-17-21-37-30-9-5-7-15-41(30)50-48(37)38(27)26-43(40)49-42/h1-26H. The van der Waals surface area contributed by atoms with E-state index in [2.05, 4.69) is 146 Å². The summed E-state index contributed by atoms with van der Waals surface area (Å²) in [5.41, 5.74) is 8.50. The van der Waals surface area contributed by atoms with Crippen LogP contribution in [-0.4, -0.2) is 0 Å². The lowest BCUT2D eigenvalue weighted by Crippen LogP contribution is -1.90. The number of thiophene rings is 1. The molecule has 0 aliphatic heterocycles. The molecule has 3 heteroatoms. The molecule has 236 valence electrons. The summed E-state index contributed by atoms with van der Waals surface area (Å²) in [6, 6.07) is 57.2. The van der Waals surface area contributed by atoms with E-state index in [1.54, 1.807) is 0 Å². The topological polar surface area (TPSA) is 26.3 Å². The Morgan fingerprint density at radius 2 is 0.882 bits per heavy atom. The molecule has 3 aromatic heterocycles. The second-order valence-electron chi connectivity index (χ2n) is 13.6. The van der Waals surface area contributed by atoms with Gasteiger partial charge in [-0.25, -0.2) is 0 Å². The monoisotopic (exact) mass is 666 g/mol. The third-order valence-corrected chi connectivity index (χ3v) is 12.0. The molecule has 3 heterocycles. The molecular weight excluding hydrogens is 641 g/mol. The van der Waals surface area contributed by atoms with Gasteiger partial charge in [-0.3, -0.25) is 0 Å². The summed E-state index contributed by atoms with van der Waals surface area (Å²) < 4.78 is 15.6. The summed E-state index contributed by atoms with van der Waals surface area (Å²) in [6.45, 7) is 0. The van der Waals surface area contributed by atoms with Crippen LogP contribution < -0.4 is 0 Å². The Hall–Kier alpha value is -6.42. The maximum absolute atomic E-state index is 6.54. The Kier molecular flexibility index (Phi) is 5.41. The molecule has 0 aliphatic rings. The van der Waals surface area contributed by atoms with Crippen molar-refractivity contribution in [3.63, 3.8) is 0 Å². The highest BCUT2D eigenvalue weighted by Gasteiger charge is 2.19. The van der Waals surface area contributed by atoms with E-state index in [-0.39, 0.29) is 0 Å². The molecule has 0 N–H and O–H groups in total. The summed E-state index contributed by atoms with van der Waals surface area (Å²) >= 11 is 1.87. The van der Waals surface area contributed by atoms with Crippen molar-refractivity contribution in [2.75, 3.05) is 0 Å². The average Bonchev–Trinajstić information content (AvgIpc) is 3.86. The lowest BCUT2D eigenvalue weighted by molar-refractivity contribution is 0.667. The van der Waals surface area contributed by atoms with E-state index in [9.17, 15) is 0 Å². The van der Waals surface area contributed by atoms with E-state index >= 15 is 0 Å². The molecule has 0 aliphatic carbocycles. The van der Waals surface area contributed by atoms with Gasteiger partial charge in [0.2, 0.25) is 0 Å². The Morgan fingerprint density at radius 3 is 1.65 bits per heavy atom. The van der Waals surface area contributed by atoms with Crippen molar-refractivity contribution in [2.45, 2.75) is 0 Å². The maximum atomic E-state index is 6.54. The van der Waals surface area contributed by atoms with Crippen molar-refractivity contribution in [1.29, 1.82) is 0 Å². The second-order valence-corrected chi connectivity index (χ2v) is 14.7. The highest BCUT2D eigenvalue weighted by atomic mass is 32.1. The molecule has 0 fully saturated rings. The molecule has 9 aromatic carbocycles. The molecule has 0 spiro atoms. The quantitative estimate of drug-likeness (QED) is 0.172. The highest BCUT2D eigenvalue weighted by Crippen LogP contribution is 2.46. The van der Waals surface area contributed by atoms with Gasteiger partial charge in [-0.05, 0) is 97.7 Å². The van der Waals surface area contributed by atoms with Crippen molar-refractivity contribution >= 4 is 108 Å². The molecule has 0 saturated carbocycles. The van der Waals surface area contributed by atoms with E-state index in [4.69, 9.17) is 8.83 Å². The van der Waals surface area contributed by atoms with Crippen molar-refractivity contribution in [1.82, 2.24) is 0 Å². The van der Waals surface area contributed by atoms with Crippen molar-refractivity contribution < 1.29 is 8.83 Å². The largest absolute Gasteiger partial charge is 0.456 e. The van der Waals surface area contributed by atoms with Gasteiger partial charge in [-0.1, -0.05) is 109 Å². The molecule has 51 heavy (non-hydrogen) atoms. The molecule has 0 unspecified atom stereocenters. The fourth-order valence-electron chi connectivity index (χ4n) is 8.57. The predicted molar refractivity (Wildman–Crippen MR) is 217 cm³/mol. The van der Waals surface area contributed by atoms with Crippen molar-refractivity contribution in [3.05, 3.63) is 158 Å². The normalized spacial score (nSPS) is 12.3. The molecule has 0 atom stereocenters. The van der Waals surface area contributed by atoms with Crippen LogP contribution >= 0.6 is 11.3 Å². The van der Waals surface area contributed by atoms with Gasteiger partial charge >= 0.3 is 0 Å². The number of para-hydroxylation sites is 1. The Labute approximate surface area is 295 Å². The lowest BCUT2D eigenvalue weighted by Gasteiger charge is -2.18. The Balaban J connectivity index is 1.10. The van der Waals surface area contributed by atoms with E-state index in [0.29, 0.717) is 0 Å². The lowest BCUT2D eigenvalue weighted by atomic mass is 9.85. The van der Waals surface area contributed by atoms with Gasteiger partial charge < -0.3 is 8.83 Å². The number of furan rings is 2. The number of rotatable bonds is 2. The molecule has 0 saturated heterocycles. The first-order valence-electron chi connectivity index (χ1n) is 17.3. The van der Waals surface area contributed by atoms with E-state index in [1.807, 2.05) is 23.5 Å². The summed E-state index contributed by atoms with van der Waals surface area (Å²) in [5, 5.41) is 14.3. The molecule has 0 bridgehead atoms. The van der Waals surface area contributed by atoms with Crippen LogP contribution in [-0.2, 0) is 0 Å². The zero-order chi connectivity index (χ0) is 33.2. The molecular formula is C48H26O2S. The van der Waals surface area contributed by atoms with E-state index < -0.39 is 0 Å².